The second kappa shape index (κ2) is 20.5. The molecule has 1 amide bonds. The molecule has 0 spiro atoms. The minimum Gasteiger partial charge on any atom is -0.497 e. The maximum Gasteiger partial charge on any atom is 0.416 e. The smallest absolute Gasteiger partial charge is 0.416 e. The van der Waals surface area contributed by atoms with Crippen molar-refractivity contribution in [3.8, 4) is 17.2 Å². The molecule has 2 heterocycles. The molecular weight excluding hydrogens is 783 g/mol. The number of nitrogens with one attached hydrogen (secondary N) is 1. The first kappa shape index (κ1) is 43.9. The standard InChI is InChI=1S/C39H51N2O14PS/c1-5-49-37(43)25-53-56(45,55-31-9-7-6-8-10-31)26-52-30-13-11-28(12-14-30)21-34(40-39(44)54-36-24-51-38-33(36)19-20-50-38)35(42)23-41(22-27(2)3)57(46,47)32-17-15-29(48-4)16-18-32/h6-18,27,33-36,38,42H,5,19-26H2,1-4H3,(H,40,44)/t33-,34-,35+,36-,38+,56?/m0/s1. The van der Waals surface area contributed by atoms with Gasteiger partial charge in [0.1, 0.15) is 23.4 Å². The fourth-order valence-corrected chi connectivity index (χ4v) is 9.13. The second-order valence-electron chi connectivity index (χ2n) is 13.9. The predicted molar refractivity (Wildman–Crippen MR) is 206 cm³/mol. The van der Waals surface area contributed by atoms with E-state index >= 15 is 0 Å². The Balaban J connectivity index is 1.31. The van der Waals surface area contributed by atoms with E-state index in [1.54, 1.807) is 73.7 Å². The number of esters is 1. The molecule has 6 atom stereocenters. The van der Waals surface area contributed by atoms with Gasteiger partial charge in [0.15, 0.2) is 12.9 Å². The van der Waals surface area contributed by atoms with Crippen molar-refractivity contribution in [1.29, 1.82) is 0 Å². The molecule has 2 saturated heterocycles. The van der Waals surface area contributed by atoms with Gasteiger partial charge >= 0.3 is 19.7 Å². The Morgan fingerprint density at radius 2 is 1.67 bits per heavy atom. The lowest BCUT2D eigenvalue weighted by Crippen LogP contribution is -2.51. The first-order valence-corrected chi connectivity index (χ1v) is 21.8. The van der Waals surface area contributed by atoms with Crippen LogP contribution in [0.5, 0.6) is 17.2 Å². The van der Waals surface area contributed by atoms with E-state index in [1.807, 2.05) is 13.8 Å². The highest BCUT2D eigenvalue weighted by molar-refractivity contribution is 7.89. The van der Waals surface area contributed by atoms with Gasteiger partial charge in [-0.25, -0.2) is 22.6 Å². The van der Waals surface area contributed by atoms with Crippen molar-refractivity contribution >= 4 is 29.7 Å². The molecule has 0 aliphatic carbocycles. The first-order chi connectivity index (χ1) is 27.3. The third kappa shape index (κ3) is 12.6. The van der Waals surface area contributed by atoms with Crippen LogP contribution in [0.25, 0.3) is 0 Å². The number of methoxy groups -OCH3 is 1. The van der Waals surface area contributed by atoms with Crippen LogP contribution in [-0.2, 0) is 49.3 Å². The van der Waals surface area contributed by atoms with Crippen LogP contribution in [0.3, 0.4) is 0 Å². The first-order valence-electron chi connectivity index (χ1n) is 18.7. The summed E-state index contributed by atoms with van der Waals surface area (Å²) in [6.45, 7) is 5.28. The summed E-state index contributed by atoms with van der Waals surface area (Å²) in [7, 11) is -6.62. The lowest BCUT2D eigenvalue weighted by Gasteiger charge is -2.31. The van der Waals surface area contributed by atoms with E-state index in [0.717, 1.165) is 0 Å². The van der Waals surface area contributed by atoms with Gasteiger partial charge in [-0.3, -0.25) is 4.52 Å². The third-order valence-corrected chi connectivity index (χ3v) is 12.4. The Morgan fingerprint density at radius 1 is 0.965 bits per heavy atom. The van der Waals surface area contributed by atoms with Gasteiger partial charge in [-0.05, 0) is 79.8 Å². The Morgan fingerprint density at radius 3 is 2.33 bits per heavy atom. The van der Waals surface area contributed by atoms with Gasteiger partial charge in [-0.1, -0.05) is 44.2 Å². The number of alkyl carbamates (subject to hydrolysis) is 1. The van der Waals surface area contributed by atoms with E-state index in [-0.39, 0.29) is 61.0 Å². The molecule has 0 radical (unpaired) electrons. The number of fused-ring (bicyclic) bond motifs is 1. The molecule has 0 aromatic heterocycles. The molecule has 2 fully saturated rings. The van der Waals surface area contributed by atoms with E-state index in [0.29, 0.717) is 24.3 Å². The van der Waals surface area contributed by atoms with E-state index in [9.17, 15) is 27.7 Å². The summed E-state index contributed by atoms with van der Waals surface area (Å²) in [5, 5.41) is 14.5. The molecule has 2 aliphatic heterocycles. The van der Waals surface area contributed by atoms with Gasteiger partial charge in [0.25, 0.3) is 0 Å². The van der Waals surface area contributed by atoms with Crippen molar-refractivity contribution in [2.45, 2.75) is 63.0 Å². The molecule has 3 aromatic rings. The van der Waals surface area contributed by atoms with E-state index in [2.05, 4.69) is 5.32 Å². The number of aliphatic hydroxyl groups excluding tert-OH is 1. The number of benzene rings is 3. The van der Waals surface area contributed by atoms with Crippen molar-refractivity contribution in [2.75, 3.05) is 53.0 Å². The van der Waals surface area contributed by atoms with Gasteiger partial charge < -0.3 is 43.4 Å². The highest BCUT2D eigenvalue weighted by Crippen LogP contribution is 2.48. The number of para-hydroxylation sites is 1. The molecule has 16 nitrogen and oxygen atoms in total. The molecule has 0 bridgehead atoms. The highest BCUT2D eigenvalue weighted by Gasteiger charge is 2.44. The van der Waals surface area contributed by atoms with E-state index in [4.69, 9.17) is 37.5 Å². The maximum absolute atomic E-state index is 13.9. The number of hydrogen-bond donors (Lipinski definition) is 2. The topological polar surface area (TPSA) is 195 Å². The zero-order valence-electron chi connectivity index (χ0n) is 32.4. The fourth-order valence-electron chi connectivity index (χ4n) is 6.28. The zero-order valence-corrected chi connectivity index (χ0v) is 34.1. The van der Waals surface area contributed by atoms with Crippen LogP contribution in [0.2, 0.25) is 0 Å². The molecule has 1 unspecified atom stereocenters. The SMILES string of the molecule is CCOC(=O)COP(=O)(COc1ccc(C[C@H](NC(=O)O[C@H]2CO[C@H]3OCC[C@H]32)[C@H](O)CN(CC(C)C)S(=O)(=O)c2ccc(OC)cc2)cc1)Oc1ccccc1. The number of rotatable bonds is 21. The van der Waals surface area contributed by atoms with Gasteiger partial charge in [0.2, 0.25) is 16.4 Å². The molecule has 57 heavy (non-hydrogen) atoms. The van der Waals surface area contributed by atoms with Crippen LogP contribution in [0.4, 0.5) is 4.79 Å². The van der Waals surface area contributed by atoms with Crippen molar-refractivity contribution in [1.82, 2.24) is 9.62 Å². The Kier molecular flexibility index (Phi) is 15.8. The second-order valence-corrected chi connectivity index (χ2v) is 17.8. The predicted octanol–water partition coefficient (Wildman–Crippen LogP) is 4.99. The highest BCUT2D eigenvalue weighted by atomic mass is 32.2. The number of sulfonamides is 1. The summed E-state index contributed by atoms with van der Waals surface area (Å²) < 4.78 is 86.4. The maximum atomic E-state index is 13.9. The van der Waals surface area contributed by atoms with E-state index < -0.39 is 67.2 Å². The summed E-state index contributed by atoms with van der Waals surface area (Å²) in [5.74, 6) is 0.0902. The molecular formula is C39H51N2O14PS. The summed E-state index contributed by atoms with van der Waals surface area (Å²) in [4.78, 5) is 25.3. The van der Waals surface area contributed by atoms with Crippen LogP contribution in [0.15, 0.2) is 83.8 Å². The lowest BCUT2D eigenvalue weighted by atomic mass is 10.0. The zero-order chi connectivity index (χ0) is 41.0. The Hall–Kier alpha value is -4.22. The average Bonchev–Trinajstić information content (AvgIpc) is 3.82. The lowest BCUT2D eigenvalue weighted by molar-refractivity contribution is -0.145. The van der Waals surface area contributed by atoms with Crippen LogP contribution < -0.4 is 19.3 Å². The number of carbonyl (C=O) groups excluding carboxylic acids is 2. The summed E-state index contributed by atoms with van der Waals surface area (Å²) in [5.41, 5.74) is 0.635. The molecule has 312 valence electrons. The molecule has 2 aliphatic rings. The largest absolute Gasteiger partial charge is 0.497 e. The molecule has 2 N–H and O–H groups in total. The summed E-state index contributed by atoms with van der Waals surface area (Å²) in [6, 6.07) is 19.8. The molecule has 18 heteroatoms. The Bertz CT molecular complexity index is 1900. The van der Waals surface area contributed by atoms with Gasteiger partial charge in [-0.15, -0.1) is 0 Å². The number of ether oxygens (including phenoxy) is 6. The number of amides is 1. The molecule has 5 rings (SSSR count). The van der Waals surface area contributed by atoms with Gasteiger partial charge in [0.05, 0.1) is 49.9 Å². The van der Waals surface area contributed by atoms with Crippen LogP contribution in [-0.4, -0.2) is 107 Å². The van der Waals surface area contributed by atoms with Crippen LogP contribution in [0, 0.1) is 11.8 Å². The molecule has 3 aromatic carbocycles. The summed E-state index contributed by atoms with van der Waals surface area (Å²) in [6.07, 6.45) is -3.00. The van der Waals surface area contributed by atoms with Crippen molar-refractivity contribution < 1.29 is 65.1 Å². The van der Waals surface area contributed by atoms with Crippen molar-refractivity contribution in [3.05, 3.63) is 84.4 Å². The van der Waals surface area contributed by atoms with Crippen molar-refractivity contribution in [3.63, 3.8) is 0 Å². The summed E-state index contributed by atoms with van der Waals surface area (Å²) >= 11 is 0. The van der Waals surface area contributed by atoms with Crippen LogP contribution >= 0.6 is 7.60 Å². The number of hydrogen-bond acceptors (Lipinski definition) is 14. The minimum atomic E-state index is -4.08. The Labute approximate surface area is 333 Å². The van der Waals surface area contributed by atoms with Crippen molar-refractivity contribution in [2.24, 2.45) is 11.8 Å². The van der Waals surface area contributed by atoms with Crippen LogP contribution in [0.1, 0.15) is 32.8 Å². The normalized spacial score (nSPS) is 19.9. The van der Waals surface area contributed by atoms with E-state index in [1.165, 1.54) is 23.5 Å². The quantitative estimate of drug-likeness (QED) is 0.108. The number of nitrogens with zero attached hydrogens (tertiary/aromatic N) is 1. The average molecular weight is 835 g/mol. The third-order valence-electron chi connectivity index (χ3n) is 9.11. The van der Waals surface area contributed by atoms with Gasteiger partial charge in [0, 0.05) is 13.1 Å². The fraction of sp³-hybridized carbons (Fsp3) is 0.487. The molecule has 0 saturated carbocycles. The minimum absolute atomic E-state index is 0.0234. The van der Waals surface area contributed by atoms with Gasteiger partial charge in [-0.2, -0.15) is 4.31 Å². The number of carbonyl (C=O) groups is 2. The monoisotopic (exact) mass is 834 g/mol. The number of aliphatic hydroxyl groups is 1.